The molecule has 0 rings (SSSR count). The molecule has 0 amide bonds. The number of rotatable bonds is 2. The summed E-state index contributed by atoms with van der Waals surface area (Å²) in [5.74, 6) is 0. The van der Waals surface area contributed by atoms with Gasteiger partial charge in [0.25, 0.3) is 0 Å². The Kier molecular flexibility index (Phi) is 10.2. The third-order valence-electron chi connectivity index (χ3n) is 0.547. The predicted octanol–water partition coefficient (Wildman–Crippen LogP) is -0.284. The van der Waals surface area contributed by atoms with Crippen molar-refractivity contribution in [3.05, 3.63) is 0 Å². The van der Waals surface area contributed by atoms with Crippen molar-refractivity contribution in [2.45, 2.75) is 26.1 Å². The van der Waals surface area contributed by atoms with Gasteiger partial charge in [-0.3, -0.25) is 0 Å². The summed E-state index contributed by atoms with van der Waals surface area (Å²) in [6.07, 6.45) is 0.215. The van der Waals surface area contributed by atoms with Gasteiger partial charge >= 0.3 is 0 Å². The molecule has 0 atom stereocenters. The van der Waals surface area contributed by atoms with Crippen LogP contribution in [0.25, 0.3) is 0 Å². The Morgan fingerprint density at radius 2 is 1.86 bits per heavy atom. The van der Waals surface area contributed by atoms with Crippen molar-refractivity contribution in [2.24, 2.45) is 0 Å². The van der Waals surface area contributed by atoms with Crippen molar-refractivity contribution in [3.8, 4) is 0 Å². The second-order valence-electron chi connectivity index (χ2n) is 1.27. The Hall–Kier alpha value is 0.686. The van der Waals surface area contributed by atoms with Crippen LogP contribution >= 0.6 is 0 Å². The van der Waals surface area contributed by atoms with Crippen LogP contribution in [-0.4, -0.2) is 39.6 Å². The molecular weight excluding hydrogens is 104 g/mol. The topological polar surface area (TPSA) is 40.5 Å². The van der Waals surface area contributed by atoms with Gasteiger partial charge in [0, 0.05) is 23.1 Å². The van der Waals surface area contributed by atoms with Gasteiger partial charge in [0.15, 0.2) is 6.29 Å². The highest BCUT2D eigenvalue weighted by molar-refractivity contribution is 5.75. The van der Waals surface area contributed by atoms with Gasteiger partial charge in [-0.2, -0.15) is 0 Å². The van der Waals surface area contributed by atoms with Crippen LogP contribution in [0.5, 0.6) is 0 Å². The zero-order valence-electron chi connectivity index (χ0n) is 4.59. The van der Waals surface area contributed by atoms with E-state index in [0.717, 1.165) is 6.42 Å². The van der Waals surface area contributed by atoms with Gasteiger partial charge in [0.05, 0.1) is 0 Å². The van der Waals surface area contributed by atoms with Crippen LogP contribution in [0.1, 0.15) is 19.8 Å². The summed E-state index contributed by atoms with van der Waals surface area (Å²) in [4.78, 5) is 0. The molecule has 0 heterocycles. The van der Waals surface area contributed by atoms with E-state index in [9.17, 15) is 0 Å². The summed E-state index contributed by atoms with van der Waals surface area (Å²) in [5.41, 5.74) is 0. The van der Waals surface area contributed by atoms with Crippen LogP contribution in [0.15, 0.2) is 0 Å². The van der Waals surface area contributed by atoms with Gasteiger partial charge in [0.1, 0.15) is 0 Å². The van der Waals surface area contributed by atoms with E-state index in [-0.39, 0.29) is 23.1 Å². The maximum Gasteiger partial charge on any atom is 0.151 e. The Morgan fingerprint density at radius 1 is 1.43 bits per heavy atom. The summed E-state index contributed by atoms with van der Waals surface area (Å²) in [6, 6.07) is 0. The second-order valence-corrected chi connectivity index (χ2v) is 1.27. The molecule has 40 valence electrons. The van der Waals surface area contributed by atoms with Crippen LogP contribution in [-0.2, 0) is 0 Å². The first-order valence-corrected chi connectivity index (χ1v) is 2.13. The number of aliphatic hydroxyl groups is 2. The Bertz CT molecular complexity index is 30.9. The zero-order chi connectivity index (χ0) is 4.99. The molecule has 0 aromatic heterocycles. The van der Waals surface area contributed by atoms with Gasteiger partial charge in [-0.05, 0) is 6.42 Å². The number of aliphatic hydroxyl groups excluding tert-OH is 1. The molecule has 0 aliphatic carbocycles. The Balaban J connectivity index is 0. The van der Waals surface area contributed by atoms with Crippen molar-refractivity contribution >= 4 is 23.1 Å². The van der Waals surface area contributed by atoms with Crippen molar-refractivity contribution in [3.63, 3.8) is 0 Å². The van der Waals surface area contributed by atoms with Gasteiger partial charge in [-0.1, -0.05) is 13.3 Å². The highest BCUT2D eigenvalue weighted by atomic mass is 24.3. The van der Waals surface area contributed by atoms with Crippen LogP contribution in [0, 0.1) is 0 Å². The van der Waals surface area contributed by atoms with E-state index in [0.29, 0.717) is 6.42 Å². The maximum atomic E-state index is 8.11. The summed E-state index contributed by atoms with van der Waals surface area (Å²) in [5, 5.41) is 16.2. The quantitative estimate of drug-likeness (QED) is 0.383. The molecule has 2 N–H and O–H groups in total. The van der Waals surface area contributed by atoms with Gasteiger partial charge < -0.3 is 10.2 Å². The first-order valence-electron chi connectivity index (χ1n) is 2.13. The molecule has 0 aliphatic rings. The molecule has 0 spiro atoms. The van der Waals surface area contributed by atoms with E-state index in [4.69, 9.17) is 10.2 Å². The third kappa shape index (κ3) is 10.8. The lowest BCUT2D eigenvalue weighted by Gasteiger charge is -1.94. The normalized spacial score (nSPS) is 8.57. The molecule has 2 nitrogen and oxygen atoms in total. The molecule has 0 fully saturated rings. The van der Waals surface area contributed by atoms with E-state index in [1.165, 1.54) is 0 Å². The van der Waals surface area contributed by atoms with Crippen LogP contribution in [0.4, 0.5) is 0 Å². The smallest absolute Gasteiger partial charge is 0.151 e. The third-order valence-corrected chi connectivity index (χ3v) is 0.547. The summed E-state index contributed by atoms with van der Waals surface area (Å²) in [6.45, 7) is 1.90. The molecule has 0 bridgehead atoms. The van der Waals surface area contributed by atoms with Crippen LogP contribution in [0.3, 0.4) is 0 Å². The number of hydrogen-bond donors (Lipinski definition) is 2. The van der Waals surface area contributed by atoms with Crippen LogP contribution < -0.4 is 0 Å². The molecule has 0 saturated heterocycles. The van der Waals surface area contributed by atoms with Gasteiger partial charge in [-0.15, -0.1) is 0 Å². The lowest BCUT2D eigenvalue weighted by molar-refractivity contribution is -0.0453. The Morgan fingerprint density at radius 3 is 1.86 bits per heavy atom. The fourth-order valence-electron chi connectivity index (χ4n) is 0.258. The Labute approximate surface area is 59.7 Å². The van der Waals surface area contributed by atoms with Crippen molar-refractivity contribution in [2.75, 3.05) is 0 Å². The number of hydrogen-bond acceptors (Lipinski definition) is 2. The first kappa shape index (κ1) is 10.6. The minimum Gasteiger partial charge on any atom is -0.368 e. The fourth-order valence-corrected chi connectivity index (χ4v) is 0.258. The minimum absolute atomic E-state index is 0. The first-order chi connectivity index (χ1) is 2.77. The SMILES string of the molecule is CCCC(O)O.[Mg]. The van der Waals surface area contributed by atoms with E-state index in [2.05, 4.69) is 0 Å². The largest absolute Gasteiger partial charge is 0.368 e. The van der Waals surface area contributed by atoms with Gasteiger partial charge in [-0.25, -0.2) is 0 Å². The van der Waals surface area contributed by atoms with E-state index in [1.807, 2.05) is 6.92 Å². The lowest BCUT2D eigenvalue weighted by Crippen LogP contribution is -2.01. The van der Waals surface area contributed by atoms with Crippen molar-refractivity contribution < 1.29 is 10.2 Å². The monoisotopic (exact) mass is 114 g/mol. The predicted molar refractivity (Wildman–Crippen MR) is 28.9 cm³/mol. The maximum absolute atomic E-state index is 8.11. The highest BCUT2D eigenvalue weighted by Crippen LogP contribution is 1.88. The zero-order valence-corrected chi connectivity index (χ0v) is 6.01. The average Bonchev–Trinajstić information content (AvgIpc) is 1.35. The molecule has 0 aliphatic heterocycles. The molecule has 3 heteroatoms. The van der Waals surface area contributed by atoms with Crippen molar-refractivity contribution in [1.82, 2.24) is 0 Å². The van der Waals surface area contributed by atoms with E-state index < -0.39 is 6.29 Å². The van der Waals surface area contributed by atoms with Crippen molar-refractivity contribution in [1.29, 1.82) is 0 Å². The molecule has 0 unspecified atom stereocenters. The van der Waals surface area contributed by atoms with E-state index in [1.54, 1.807) is 0 Å². The molecule has 0 saturated carbocycles. The summed E-state index contributed by atoms with van der Waals surface area (Å²) in [7, 11) is 0. The fraction of sp³-hybridized carbons (Fsp3) is 1.00. The lowest BCUT2D eigenvalue weighted by atomic mass is 10.3. The molecule has 2 radical (unpaired) electrons. The molecular formula is C4H10MgO2. The van der Waals surface area contributed by atoms with Crippen LogP contribution in [0.2, 0.25) is 0 Å². The van der Waals surface area contributed by atoms with Gasteiger partial charge in [0.2, 0.25) is 0 Å². The standard InChI is InChI=1S/C4H10O2.Mg/c1-2-3-4(5)6;/h4-6H,2-3H2,1H3;. The molecule has 7 heavy (non-hydrogen) atoms. The second kappa shape index (κ2) is 6.69. The molecule has 0 aromatic carbocycles. The summed E-state index contributed by atoms with van der Waals surface area (Å²) < 4.78 is 0. The van der Waals surface area contributed by atoms with E-state index >= 15 is 0 Å². The average molecular weight is 114 g/mol. The minimum atomic E-state index is -1.10. The molecule has 0 aromatic rings. The summed E-state index contributed by atoms with van der Waals surface area (Å²) >= 11 is 0. The highest BCUT2D eigenvalue weighted by Gasteiger charge is 1.89.